The quantitative estimate of drug-likeness (QED) is 0.343. The number of fused-ring (bicyclic) bond motifs is 1. The van der Waals surface area contributed by atoms with Crippen LogP contribution >= 0.6 is 0 Å². The van der Waals surface area contributed by atoms with Crippen LogP contribution in [0.4, 0.5) is 37.7 Å². The molecule has 0 radical (unpaired) electrons. The number of aliphatic imine (C=N–C) groups is 1. The molecule has 1 aliphatic heterocycles. The van der Waals surface area contributed by atoms with Gasteiger partial charge in [-0.1, -0.05) is 19.9 Å². The molecule has 0 saturated carbocycles. The lowest BCUT2D eigenvalue weighted by Gasteiger charge is -2.35. The molecule has 0 saturated heterocycles. The average Bonchev–Trinajstić information content (AvgIpc) is 2.77. The van der Waals surface area contributed by atoms with Gasteiger partial charge in [-0.2, -0.15) is 26.3 Å². The highest BCUT2D eigenvalue weighted by molar-refractivity contribution is 6.13. The minimum atomic E-state index is -4.60. The van der Waals surface area contributed by atoms with E-state index in [1.807, 2.05) is 13.8 Å². The highest BCUT2D eigenvalue weighted by Crippen LogP contribution is 2.38. The first-order valence-corrected chi connectivity index (χ1v) is 11.0. The van der Waals surface area contributed by atoms with Gasteiger partial charge in [0.25, 0.3) is 0 Å². The Hall–Kier alpha value is -3.60. The van der Waals surface area contributed by atoms with Crippen molar-refractivity contribution in [1.29, 1.82) is 0 Å². The number of alkyl halides is 6. The number of hydrogen-bond donors (Lipinski definition) is 3. The fraction of sp³-hybridized carbons (Fsp3) is 0.280. The fourth-order valence-electron chi connectivity index (χ4n) is 4.08. The van der Waals surface area contributed by atoms with Gasteiger partial charge in [-0.3, -0.25) is 10.7 Å². The van der Waals surface area contributed by atoms with Crippen LogP contribution in [0, 0.1) is 5.92 Å². The van der Waals surface area contributed by atoms with Crippen molar-refractivity contribution in [2.45, 2.75) is 38.4 Å². The third kappa shape index (κ3) is 5.46. The molecule has 0 bridgehead atoms. The number of nitrogens with two attached hydrogens (primary N) is 1. The molecule has 4 rings (SSSR count). The van der Waals surface area contributed by atoms with Crippen LogP contribution in [0.25, 0.3) is 11.3 Å². The maximum atomic E-state index is 13.6. The minimum Gasteiger partial charge on any atom is -0.348 e. The normalized spacial score (nSPS) is 17.9. The van der Waals surface area contributed by atoms with E-state index >= 15 is 0 Å². The second kappa shape index (κ2) is 9.12. The highest BCUT2D eigenvalue weighted by atomic mass is 19.4. The number of anilines is 2. The molecule has 1 unspecified atom stereocenters. The lowest BCUT2D eigenvalue weighted by molar-refractivity contribution is -0.138. The summed E-state index contributed by atoms with van der Waals surface area (Å²) in [5, 5.41) is 6.12. The SMILES string of the molecule is CC(C)CC1(N)N=C(Nc2ccc(C(F)(F)F)cc2)c2ccc(-c3ncccc3C(F)(F)F)cc2N1. The van der Waals surface area contributed by atoms with Crippen LogP contribution in [0.1, 0.15) is 37.0 Å². The predicted molar refractivity (Wildman–Crippen MR) is 126 cm³/mol. The number of halogens is 6. The molecule has 2 aromatic carbocycles. The third-order valence-corrected chi connectivity index (χ3v) is 5.52. The lowest BCUT2D eigenvalue weighted by Crippen LogP contribution is -2.50. The Morgan fingerprint density at radius 3 is 2.28 bits per heavy atom. The Balaban J connectivity index is 1.76. The Morgan fingerprint density at radius 1 is 0.972 bits per heavy atom. The second-order valence-electron chi connectivity index (χ2n) is 8.97. The number of aromatic nitrogens is 1. The number of nitrogens with zero attached hydrogens (tertiary/aromatic N) is 2. The lowest BCUT2D eigenvalue weighted by atomic mass is 9.97. The van der Waals surface area contributed by atoms with Crippen molar-refractivity contribution >= 4 is 17.2 Å². The largest absolute Gasteiger partial charge is 0.418 e. The molecule has 1 aromatic heterocycles. The van der Waals surface area contributed by atoms with Gasteiger partial charge in [0.15, 0.2) is 5.79 Å². The maximum absolute atomic E-state index is 13.6. The van der Waals surface area contributed by atoms with Gasteiger partial charge in [0.2, 0.25) is 0 Å². The highest BCUT2D eigenvalue weighted by Gasteiger charge is 2.36. The summed E-state index contributed by atoms with van der Waals surface area (Å²) in [6.45, 7) is 3.87. The average molecular weight is 507 g/mol. The van der Waals surface area contributed by atoms with Crippen LogP contribution in [-0.2, 0) is 12.4 Å². The van der Waals surface area contributed by atoms with E-state index in [0.29, 0.717) is 23.4 Å². The molecule has 1 atom stereocenters. The van der Waals surface area contributed by atoms with Gasteiger partial charge < -0.3 is 10.6 Å². The molecule has 36 heavy (non-hydrogen) atoms. The van der Waals surface area contributed by atoms with Crippen molar-refractivity contribution in [3.8, 4) is 11.3 Å². The van der Waals surface area contributed by atoms with Gasteiger partial charge in [-0.05, 0) is 54.4 Å². The van der Waals surface area contributed by atoms with Crippen LogP contribution in [0.15, 0.2) is 65.8 Å². The molecular weight excluding hydrogens is 484 g/mol. The molecule has 0 spiro atoms. The van der Waals surface area contributed by atoms with Crippen molar-refractivity contribution in [3.63, 3.8) is 0 Å². The summed E-state index contributed by atoms with van der Waals surface area (Å²) in [5.41, 5.74) is 6.07. The minimum absolute atomic E-state index is 0.107. The summed E-state index contributed by atoms with van der Waals surface area (Å²) in [6, 6.07) is 11.2. The van der Waals surface area contributed by atoms with Gasteiger partial charge in [0, 0.05) is 35.1 Å². The van der Waals surface area contributed by atoms with E-state index in [9.17, 15) is 26.3 Å². The number of benzene rings is 2. The van der Waals surface area contributed by atoms with Crippen LogP contribution < -0.4 is 16.4 Å². The molecule has 3 aromatic rings. The monoisotopic (exact) mass is 507 g/mol. The molecule has 0 fully saturated rings. The number of amidine groups is 1. The van der Waals surface area contributed by atoms with E-state index in [2.05, 4.69) is 20.6 Å². The van der Waals surface area contributed by atoms with Gasteiger partial charge in [0.1, 0.15) is 5.84 Å². The summed E-state index contributed by atoms with van der Waals surface area (Å²) in [5.74, 6) is -0.920. The predicted octanol–water partition coefficient (Wildman–Crippen LogP) is 6.73. The van der Waals surface area contributed by atoms with Crippen molar-refractivity contribution in [2.24, 2.45) is 16.6 Å². The molecule has 5 nitrogen and oxygen atoms in total. The first-order valence-electron chi connectivity index (χ1n) is 11.0. The van der Waals surface area contributed by atoms with E-state index in [4.69, 9.17) is 5.73 Å². The second-order valence-corrected chi connectivity index (χ2v) is 8.97. The first kappa shape index (κ1) is 25.5. The van der Waals surface area contributed by atoms with Crippen molar-refractivity contribution in [2.75, 3.05) is 10.6 Å². The standard InChI is InChI=1S/C25H23F6N5/c1-14(2)13-23(32)35-20-12-15(21-19(25(29,30)31)4-3-11-33-21)5-10-18(20)22(36-23)34-17-8-6-16(7-9-17)24(26,27)28/h3-12,14,35H,13,32H2,1-2H3,(H,34,36). The maximum Gasteiger partial charge on any atom is 0.418 e. The van der Waals surface area contributed by atoms with Gasteiger partial charge in [-0.25, -0.2) is 4.99 Å². The summed E-state index contributed by atoms with van der Waals surface area (Å²) in [4.78, 5) is 8.52. The van der Waals surface area contributed by atoms with Gasteiger partial charge in [0.05, 0.1) is 16.8 Å². The van der Waals surface area contributed by atoms with E-state index in [-0.39, 0.29) is 23.0 Å². The van der Waals surface area contributed by atoms with Crippen molar-refractivity contribution in [1.82, 2.24) is 4.98 Å². The molecule has 0 amide bonds. The Labute approximate surface area is 203 Å². The zero-order chi connectivity index (χ0) is 26.3. The van der Waals surface area contributed by atoms with E-state index in [1.165, 1.54) is 36.5 Å². The molecule has 1 aliphatic rings. The molecule has 190 valence electrons. The smallest absolute Gasteiger partial charge is 0.348 e. The van der Waals surface area contributed by atoms with Crippen LogP contribution in [0.5, 0.6) is 0 Å². The summed E-state index contributed by atoms with van der Waals surface area (Å²) >= 11 is 0. The zero-order valence-corrected chi connectivity index (χ0v) is 19.3. The topological polar surface area (TPSA) is 75.3 Å². The van der Waals surface area contributed by atoms with Crippen LogP contribution in [-0.4, -0.2) is 16.6 Å². The van der Waals surface area contributed by atoms with Crippen molar-refractivity contribution < 1.29 is 26.3 Å². The molecule has 11 heteroatoms. The molecular formula is C25H23F6N5. The zero-order valence-electron chi connectivity index (χ0n) is 19.3. The Morgan fingerprint density at radius 2 is 1.67 bits per heavy atom. The molecule has 2 heterocycles. The van der Waals surface area contributed by atoms with Crippen LogP contribution in [0.3, 0.4) is 0 Å². The van der Waals surface area contributed by atoms with E-state index in [1.54, 1.807) is 6.07 Å². The summed E-state index contributed by atoms with van der Waals surface area (Å²) < 4.78 is 79.5. The number of hydrogen-bond acceptors (Lipinski definition) is 5. The third-order valence-electron chi connectivity index (χ3n) is 5.52. The number of nitrogens with one attached hydrogen (secondary N) is 2. The number of rotatable bonds is 4. The first-order chi connectivity index (χ1) is 16.7. The Bertz CT molecular complexity index is 1280. The number of pyridine rings is 1. The van der Waals surface area contributed by atoms with E-state index in [0.717, 1.165) is 18.2 Å². The molecule has 4 N–H and O–H groups in total. The van der Waals surface area contributed by atoms with Crippen molar-refractivity contribution in [3.05, 3.63) is 77.5 Å². The fourth-order valence-corrected chi connectivity index (χ4v) is 4.08. The summed E-state index contributed by atoms with van der Waals surface area (Å²) in [6.07, 6.45) is -7.41. The Kier molecular flexibility index (Phi) is 6.46. The molecule has 0 aliphatic carbocycles. The van der Waals surface area contributed by atoms with Gasteiger partial charge in [-0.15, -0.1) is 0 Å². The van der Waals surface area contributed by atoms with Crippen LogP contribution in [0.2, 0.25) is 0 Å². The van der Waals surface area contributed by atoms with E-state index < -0.39 is 29.3 Å². The van der Waals surface area contributed by atoms with Gasteiger partial charge >= 0.3 is 12.4 Å². The summed E-state index contributed by atoms with van der Waals surface area (Å²) in [7, 11) is 0.